The Bertz CT molecular complexity index is 1170. The first-order valence-electron chi connectivity index (χ1n) is 13.8. The molecule has 1 amide bonds. The smallest absolute Gasteiger partial charge is 0.252 e. The molecule has 0 radical (unpaired) electrons. The monoisotopic (exact) mass is 476 g/mol. The van der Waals surface area contributed by atoms with E-state index in [9.17, 15) is 15.0 Å². The summed E-state index contributed by atoms with van der Waals surface area (Å²) in [5, 5.41) is 23.2. The van der Waals surface area contributed by atoms with Crippen molar-refractivity contribution in [1.82, 2.24) is 9.80 Å². The van der Waals surface area contributed by atoms with Crippen molar-refractivity contribution in [2.24, 2.45) is 17.3 Å². The first-order chi connectivity index (χ1) is 16.9. The molecule has 2 N–H and O–H groups in total. The van der Waals surface area contributed by atoms with Gasteiger partial charge in [0.1, 0.15) is 11.7 Å². The van der Waals surface area contributed by atoms with E-state index < -0.39 is 11.7 Å². The van der Waals surface area contributed by atoms with E-state index >= 15 is 0 Å². The molecule has 6 nitrogen and oxygen atoms in total. The van der Waals surface area contributed by atoms with Crippen LogP contribution in [-0.2, 0) is 16.6 Å². The van der Waals surface area contributed by atoms with E-state index in [0.717, 1.165) is 50.4 Å². The van der Waals surface area contributed by atoms with Gasteiger partial charge in [-0.2, -0.15) is 0 Å². The highest BCUT2D eigenvalue weighted by molar-refractivity contribution is 5.97. The summed E-state index contributed by atoms with van der Waals surface area (Å²) < 4.78 is 6.61. The van der Waals surface area contributed by atoms with E-state index in [1.165, 1.54) is 37.7 Å². The molecule has 2 aliphatic heterocycles. The van der Waals surface area contributed by atoms with Crippen LogP contribution in [0, 0.1) is 17.3 Å². The topological polar surface area (TPSA) is 73.2 Å². The Morgan fingerprint density at radius 2 is 2.00 bits per heavy atom. The number of aromatic hydroxyl groups is 1. The maximum atomic E-state index is 13.9. The van der Waals surface area contributed by atoms with E-state index in [0.29, 0.717) is 29.7 Å². The fraction of sp³-hybridized carbons (Fsp3) is 0.690. The van der Waals surface area contributed by atoms with Gasteiger partial charge >= 0.3 is 0 Å². The van der Waals surface area contributed by atoms with E-state index in [4.69, 9.17) is 4.74 Å². The highest BCUT2D eigenvalue weighted by atomic mass is 16.5. The van der Waals surface area contributed by atoms with Crippen molar-refractivity contribution >= 4 is 5.91 Å². The second-order valence-corrected chi connectivity index (χ2v) is 12.8. The number of carbonyl (C=O) groups excluding carboxylic acids is 1. The molecule has 35 heavy (non-hydrogen) atoms. The second kappa shape index (κ2) is 6.63. The Morgan fingerprint density at radius 3 is 2.74 bits per heavy atom. The number of piperidine rings is 1. The number of rotatable bonds is 5. The number of carbonyl (C=O) groups is 1. The number of nitrogens with zero attached hydrogens (tertiary/aromatic N) is 2. The minimum Gasteiger partial charge on any atom is -0.504 e. The highest BCUT2D eigenvalue weighted by Gasteiger charge is 2.78. The van der Waals surface area contributed by atoms with Crippen LogP contribution in [0.5, 0.6) is 11.5 Å². The number of aliphatic hydroxyl groups is 1. The number of hydrogen-bond donors (Lipinski definition) is 2. The average Bonchev–Trinajstić information content (AvgIpc) is 3.56. The van der Waals surface area contributed by atoms with Crippen LogP contribution in [0.3, 0.4) is 0 Å². The van der Waals surface area contributed by atoms with Gasteiger partial charge in [0.05, 0.1) is 5.41 Å². The Hall–Kier alpha value is -2.05. The minimum absolute atomic E-state index is 0.0327. The molecule has 186 valence electrons. The summed E-state index contributed by atoms with van der Waals surface area (Å²) in [6.45, 7) is 2.89. The molecule has 1 saturated heterocycles. The highest BCUT2D eigenvalue weighted by Crippen LogP contribution is 2.74. The van der Waals surface area contributed by atoms with Gasteiger partial charge in [-0.05, 0) is 81.4 Å². The predicted molar refractivity (Wildman–Crippen MR) is 130 cm³/mol. The Labute approximate surface area is 206 Å². The lowest BCUT2D eigenvalue weighted by Crippen LogP contribution is -2.78. The standard InChI is InChI=1S/C29H36N2O4/c1-30(15-17-3-2-4-17)25(33)20-14-27-9-10-29(20,34)26-28(27)11-12-31(16-18-5-6-18)22(27)13-19-7-8-21(32)24(35-26)23(19)28/h7-8,14,17-18,22,26,32,34H,2-6,9-13,15-16H2,1H3/t22-,26-,27-,28+,29-/m1/s1. The van der Waals surface area contributed by atoms with Crippen molar-refractivity contribution < 1.29 is 19.7 Å². The van der Waals surface area contributed by atoms with Crippen molar-refractivity contribution in [3.05, 3.63) is 34.9 Å². The number of phenolic OH excluding ortho intramolecular Hbond substituents is 1. The fourth-order valence-corrected chi connectivity index (χ4v) is 9.15. The van der Waals surface area contributed by atoms with Crippen LogP contribution >= 0.6 is 0 Å². The van der Waals surface area contributed by atoms with Crippen molar-refractivity contribution in [3.63, 3.8) is 0 Å². The maximum absolute atomic E-state index is 13.9. The third kappa shape index (κ3) is 2.41. The van der Waals surface area contributed by atoms with E-state index in [1.54, 1.807) is 6.07 Å². The van der Waals surface area contributed by atoms with Gasteiger partial charge in [0.15, 0.2) is 11.5 Å². The quantitative estimate of drug-likeness (QED) is 0.683. The summed E-state index contributed by atoms with van der Waals surface area (Å²) in [5.41, 5.74) is 1.01. The summed E-state index contributed by atoms with van der Waals surface area (Å²) in [6.07, 6.45) is 11.2. The lowest BCUT2D eigenvalue weighted by Gasteiger charge is -2.70. The second-order valence-electron chi connectivity index (χ2n) is 12.8. The Morgan fingerprint density at radius 1 is 1.17 bits per heavy atom. The number of ether oxygens (including phenoxy) is 1. The van der Waals surface area contributed by atoms with Gasteiger partial charge in [0.2, 0.25) is 0 Å². The normalized spacial score (nSPS) is 40.6. The first kappa shape index (κ1) is 21.1. The maximum Gasteiger partial charge on any atom is 0.252 e. The molecule has 6 aliphatic carbocycles. The van der Waals surface area contributed by atoms with Gasteiger partial charge < -0.3 is 19.8 Å². The third-order valence-corrected chi connectivity index (χ3v) is 11.2. The first-order valence-corrected chi connectivity index (χ1v) is 13.8. The molecule has 8 aliphatic rings. The molecule has 1 aromatic carbocycles. The number of fused-ring (bicyclic) bond motifs is 1. The number of phenols is 1. The van der Waals surface area contributed by atoms with Gasteiger partial charge in [-0.15, -0.1) is 0 Å². The molecule has 6 heteroatoms. The third-order valence-electron chi connectivity index (χ3n) is 11.2. The summed E-state index contributed by atoms with van der Waals surface area (Å²) in [7, 11) is 1.90. The van der Waals surface area contributed by atoms with Crippen molar-refractivity contribution in [2.45, 2.75) is 80.9 Å². The summed E-state index contributed by atoms with van der Waals surface area (Å²) >= 11 is 0. The number of likely N-dealkylation sites (tertiary alicyclic amines) is 1. The molecule has 2 heterocycles. The van der Waals surface area contributed by atoms with Crippen molar-refractivity contribution in [1.29, 1.82) is 0 Å². The van der Waals surface area contributed by atoms with E-state index in [1.807, 2.05) is 11.9 Å². The molecule has 9 rings (SSSR count). The van der Waals surface area contributed by atoms with Gasteiger partial charge in [-0.3, -0.25) is 9.69 Å². The number of amides is 1. The van der Waals surface area contributed by atoms with E-state index in [2.05, 4.69) is 17.0 Å². The van der Waals surface area contributed by atoms with Crippen LogP contribution in [-0.4, -0.2) is 70.3 Å². The lowest BCUT2D eigenvalue weighted by atomic mass is 9.38. The molecule has 2 spiro atoms. The number of benzene rings is 1. The van der Waals surface area contributed by atoms with Crippen molar-refractivity contribution in [3.8, 4) is 11.5 Å². The molecular formula is C29H36N2O4. The van der Waals surface area contributed by atoms with Gasteiger partial charge in [-0.1, -0.05) is 18.6 Å². The van der Waals surface area contributed by atoms with Gasteiger partial charge in [0.25, 0.3) is 5.91 Å². The SMILES string of the molecule is CN(CC1CCC1)C(=O)C1=C[C@@]23CC[C@]1(O)[C@@H]1Oc4c(O)ccc5c4[C@@]12CCN(CC1CC1)[C@@H]3C5. The van der Waals surface area contributed by atoms with Crippen LogP contribution in [0.25, 0.3) is 0 Å². The zero-order valence-corrected chi connectivity index (χ0v) is 20.6. The summed E-state index contributed by atoms with van der Waals surface area (Å²) in [6, 6.07) is 4.14. The average molecular weight is 477 g/mol. The zero-order chi connectivity index (χ0) is 23.7. The van der Waals surface area contributed by atoms with Crippen LogP contribution in [0.15, 0.2) is 23.8 Å². The Balaban J connectivity index is 1.30. The number of likely N-dealkylation sites (N-methyl/N-ethyl adjacent to an activating group) is 1. The molecule has 1 aromatic rings. The zero-order valence-electron chi connectivity index (χ0n) is 20.6. The molecular weight excluding hydrogens is 440 g/mol. The lowest BCUT2D eigenvalue weighted by molar-refractivity contribution is -0.188. The largest absolute Gasteiger partial charge is 0.504 e. The fourth-order valence-electron chi connectivity index (χ4n) is 9.15. The van der Waals surface area contributed by atoms with Crippen LogP contribution in [0.4, 0.5) is 0 Å². The van der Waals surface area contributed by atoms with Crippen molar-refractivity contribution in [2.75, 3.05) is 26.7 Å². The van der Waals surface area contributed by atoms with Crippen LogP contribution in [0.2, 0.25) is 0 Å². The van der Waals surface area contributed by atoms with Crippen LogP contribution < -0.4 is 4.74 Å². The molecule has 5 atom stereocenters. The molecule has 3 saturated carbocycles. The van der Waals surface area contributed by atoms with Crippen LogP contribution in [0.1, 0.15) is 62.5 Å². The van der Waals surface area contributed by atoms with E-state index in [-0.39, 0.29) is 22.5 Å². The molecule has 4 bridgehead atoms. The van der Waals surface area contributed by atoms with Gasteiger partial charge in [-0.25, -0.2) is 0 Å². The number of hydrogen-bond acceptors (Lipinski definition) is 5. The molecule has 0 unspecified atom stereocenters. The summed E-state index contributed by atoms with van der Waals surface area (Å²) in [4.78, 5) is 18.5. The minimum atomic E-state index is -1.32. The molecule has 0 aromatic heterocycles. The van der Waals surface area contributed by atoms with Gasteiger partial charge in [0, 0.05) is 42.7 Å². The Kier molecular flexibility index (Phi) is 3.99. The molecule has 4 fully saturated rings. The summed E-state index contributed by atoms with van der Waals surface area (Å²) in [5.74, 6) is 2.08. The predicted octanol–water partition coefficient (Wildman–Crippen LogP) is 3.14.